The number of hydrogen-bond donors (Lipinski definition) is 1. The summed E-state index contributed by atoms with van der Waals surface area (Å²) >= 11 is 6.07. The van der Waals surface area contributed by atoms with Crippen LogP contribution in [0.2, 0.25) is 5.28 Å². The van der Waals surface area contributed by atoms with E-state index in [0.717, 1.165) is 32.4 Å². The van der Waals surface area contributed by atoms with Gasteiger partial charge >= 0.3 is 0 Å². The van der Waals surface area contributed by atoms with Crippen molar-refractivity contribution >= 4 is 23.5 Å². The van der Waals surface area contributed by atoms with Crippen LogP contribution >= 0.6 is 11.6 Å². The van der Waals surface area contributed by atoms with Gasteiger partial charge in [-0.2, -0.15) is 15.0 Å². The zero-order chi connectivity index (χ0) is 15.3. The van der Waals surface area contributed by atoms with Gasteiger partial charge in [0.05, 0.1) is 13.2 Å². The predicted molar refractivity (Wildman–Crippen MR) is 85.1 cm³/mol. The van der Waals surface area contributed by atoms with Crippen LogP contribution in [0.25, 0.3) is 0 Å². The fraction of sp³-hybridized carbons (Fsp3) is 0.786. The lowest BCUT2D eigenvalue weighted by Gasteiger charge is -2.32. The van der Waals surface area contributed by atoms with Crippen molar-refractivity contribution in [3.8, 4) is 0 Å². The Hall–Kier alpha value is -1.14. The lowest BCUT2D eigenvalue weighted by atomic mass is 9.90. The summed E-state index contributed by atoms with van der Waals surface area (Å²) in [7, 11) is 0. The highest BCUT2D eigenvalue weighted by molar-refractivity contribution is 6.28. The van der Waals surface area contributed by atoms with Gasteiger partial charge in [0.2, 0.25) is 17.2 Å². The van der Waals surface area contributed by atoms with Gasteiger partial charge in [0.25, 0.3) is 0 Å². The number of rotatable bonds is 6. The summed E-state index contributed by atoms with van der Waals surface area (Å²) in [5.74, 6) is 1.18. The number of halogens is 1. The van der Waals surface area contributed by atoms with Gasteiger partial charge in [-0.25, -0.2) is 0 Å². The van der Waals surface area contributed by atoms with Crippen LogP contribution in [0, 0.1) is 0 Å². The minimum atomic E-state index is 0.00691. The van der Waals surface area contributed by atoms with Crippen molar-refractivity contribution in [2.45, 2.75) is 45.6 Å². The fourth-order valence-electron chi connectivity index (χ4n) is 2.55. The molecule has 0 aliphatic carbocycles. The number of anilines is 2. The molecule has 1 N–H and O–H groups in total. The monoisotopic (exact) mass is 313 g/mol. The van der Waals surface area contributed by atoms with Crippen molar-refractivity contribution in [2.24, 2.45) is 0 Å². The second-order valence-electron chi connectivity index (χ2n) is 5.29. The van der Waals surface area contributed by atoms with E-state index in [-0.39, 0.29) is 10.8 Å². The summed E-state index contributed by atoms with van der Waals surface area (Å²) in [5, 5.41) is 3.69. The fourth-order valence-corrected chi connectivity index (χ4v) is 2.71. The number of nitrogens with zero attached hydrogens (tertiary/aromatic N) is 4. The molecular formula is C14H24ClN5O. The van der Waals surface area contributed by atoms with E-state index in [2.05, 4.69) is 45.9 Å². The molecule has 0 amide bonds. The van der Waals surface area contributed by atoms with Crippen molar-refractivity contribution in [1.29, 1.82) is 0 Å². The summed E-state index contributed by atoms with van der Waals surface area (Å²) < 4.78 is 5.35. The minimum absolute atomic E-state index is 0.00691. The van der Waals surface area contributed by atoms with E-state index in [1.165, 1.54) is 0 Å². The molecule has 1 aliphatic heterocycles. The standard InChI is InChI=1S/C14H24ClN5O/c1-4-14(5-2,6-3)19-12-16-11(15)17-13(18-12)20-7-9-21-10-8-20/h4-10H2,1-3H3,(H,16,17,18,19). The molecule has 1 aromatic rings. The zero-order valence-electron chi connectivity index (χ0n) is 13.0. The van der Waals surface area contributed by atoms with Gasteiger partial charge in [-0.15, -0.1) is 0 Å². The molecular weight excluding hydrogens is 290 g/mol. The number of hydrogen-bond acceptors (Lipinski definition) is 6. The van der Waals surface area contributed by atoms with Crippen LogP contribution in [0.3, 0.4) is 0 Å². The molecule has 21 heavy (non-hydrogen) atoms. The van der Waals surface area contributed by atoms with Gasteiger partial charge in [0.1, 0.15) is 0 Å². The van der Waals surface area contributed by atoms with E-state index in [4.69, 9.17) is 16.3 Å². The van der Waals surface area contributed by atoms with Gasteiger partial charge in [0.15, 0.2) is 0 Å². The Labute approximate surface area is 131 Å². The molecule has 1 fully saturated rings. The van der Waals surface area contributed by atoms with Crippen molar-refractivity contribution in [2.75, 3.05) is 36.5 Å². The Morgan fingerprint density at radius 1 is 1.10 bits per heavy atom. The Morgan fingerprint density at radius 2 is 1.71 bits per heavy atom. The Kier molecular flexibility index (Phi) is 5.58. The van der Waals surface area contributed by atoms with Gasteiger partial charge in [-0.3, -0.25) is 0 Å². The van der Waals surface area contributed by atoms with Gasteiger partial charge in [0, 0.05) is 18.6 Å². The molecule has 0 aromatic carbocycles. The quantitative estimate of drug-likeness (QED) is 0.871. The highest BCUT2D eigenvalue weighted by atomic mass is 35.5. The summed E-state index contributed by atoms with van der Waals surface area (Å²) in [4.78, 5) is 15.1. The Bertz CT molecular complexity index is 452. The third-order valence-corrected chi connectivity index (χ3v) is 4.47. The first-order valence-corrected chi connectivity index (χ1v) is 8.02. The molecule has 0 unspecified atom stereocenters. The van der Waals surface area contributed by atoms with Gasteiger partial charge in [-0.05, 0) is 30.9 Å². The highest BCUT2D eigenvalue weighted by Crippen LogP contribution is 2.25. The average Bonchev–Trinajstić information content (AvgIpc) is 2.53. The molecule has 0 bridgehead atoms. The largest absolute Gasteiger partial charge is 0.378 e. The van der Waals surface area contributed by atoms with Crippen molar-refractivity contribution < 1.29 is 4.74 Å². The lowest BCUT2D eigenvalue weighted by molar-refractivity contribution is 0.122. The van der Waals surface area contributed by atoms with Crippen LogP contribution in [0.5, 0.6) is 0 Å². The van der Waals surface area contributed by atoms with Crippen molar-refractivity contribution in [3.63, 3.8) is 0 Å². The van der Waals surface area contributed by atoms with E-state index in [1.54, 1.807) is 0 Å². The predicted octanol–water partition coefficient (Wildman–Crippen LogP) is 2.74. The van der Waals surface area contributed by atoms with E-state index in [1.807, 2.05) is 0 Å². The van der Waals surface area contributed by atoms with Crippen LogP contribution in [-0.4, -0.2) is 46.8 Å². The van der Waals surface area contributed by atoms with Crippen molar-refractivity contribution in [3.05, 3.63) is 5.28 Å². The van der Waals surface area contributed by atoms with Gasteiger partial charge < -0.3 is 15.0 Å². The smallest absolute Gasteiger partial charge is 0.231 e. The number of morpholine rings is 1. The SMILES string of the molecule is CCC(CC)(CC)Nc1nc(Cl)nc(N2CCOCC2)n1. The molecule has 0 atom stereocenters. The Morgan fingerprint density at radius 3 is 2.29 bits per heavy atom. The maximum absolute atomic E-state index is 6.07. The number of nitrogens with one attached hydrogen (secondary N) is 1. The number of aromatic nitrogens is 3. The van der Waals surface area contributed by atoms with E-state index in [9.17, 15) is 0 Å². The first-order chi connectivity index (χ1) is 10.1. The van der Waals surface area contributed by atoms with E-state index in [0.29, 0.717) is 25.1 Å². The highest BCUT2D eigenvalue weighted by Gasteiger charge is 2.25. The summed E-state index contributed by atoms with van der Waals surface area (Å²) in [6.45, 7) is 9.45. The summed E-state index contributed by atoms with van der Waals surface area (Å²) in [6.07, 6.45) is 3.03. The molecule has 0 radical (unpaired) electrons. The van der Waals surface area contributed by atoms with Gasteiger partial charge in [-0.1, -0.05) is 20.8 Å². The minimum Gasteiger partial charge on any atom is -0.378 e. The van der Waals surface area contributed by atoms with Crippen LogP contribution < -0.4 is 10.2 Å². The first-order valence-electron chi connectivity index (χ1n) is 7.65. The zero-order valence-corrected chi connectivity index (χ0v) is 13.8. The third-order valence-electron chi connectivity index (χ3n) is 4.30. The lowest BCUT2D eigenvalue weighted by Crippen LogP contribution is -2.39. The molecule has 1 aromatic heterocycles. The maximum Gasteiger partial charge on any atom is 0.231 e. The number of ether oxygens (including phenoxy) is 1. The molecule has 2 heterocycles. The molecule has 1 aliphatic rings. The van der Waals surface area contributed by atoms with E-state index < -0.39 is 0 Å². The van der Waals surface area contributed by atoms with Crippen LogP contribution in [-0.2, 0) is 4.74 Å². The molecule has 0 saturated carbocycles. The maximum atomic E-state index is 6.07. The van der Waals surface area contributed by atoms with Crippen LogP contribution in [0.4, 0.5) is 11.9 Å². The molecule has 2 rings (SSSR count). The topological polar surface area (TPSA) is 63.2 Å². The van der Waals surface area contributed by atoms with E-state index >= 15 is 0 Å². The molecule has 0 spiro atoms. The van der Waals surface area contributed by atoms with Crippen LogP contribution in [0.1, 0.15) is 40.0 Å². The average molecular weight is 314 g/mol. The summed E-state index contributed by atoms with van der Waals surface area (Å²) in [5.41, 5.74) is 0.00691. The Balaban J connectivity index is 2.21. The summed E-state index contributed by atoms with van der Waals surface area (Å²) in [6, 6.07) is 0. The first kappa shape index (κ1) is 16.2. The van der Waals surface area contributed by atoms with Crippen molar-refractivity contribution in [1.82, 2.24) is 15.0 Å². The third kappa shape index (κ3) is 3.95. The van der Waals surface area contributed by atoms with Crippen LogP contribution in [0.15, 0.2) is 0 Å². The second-order valence-corrected chi connectivity index (χ2v) is 5.63. The molecule has 118 valence electrons. The normalized spacial score (nSPS) is 16.1. The molecule has 7 heteroatoms. The molecule has 6 nitrogen and oxygen atoms in total. The molecule has 1 saturated heterocycles. The second kappa shape index (κ2) is 7.22.